The highest BCUT2D eigenvalue weighted by molar-refractivity contribution is 6.30. The minimum atomic E-state index is -0.879. The predicted molar refractivity (Wildman–Crippen MR) is 86.8 cm³/mol. The number of halogens is 2. The van der Waals surface area contributed by atoms with Gasteiger partial charge in [0.2, 0.25) is 0 Å². The first-order chi connectivity index (χ1) is 11.4. The van der Waals surface area contributed by atoms with Gasteiger partial charge in [0.15, 0.2) is 0 Å². The number of benzene rings is 1. The van der Waals surface area contributed by atoms with E-state index in [2.05, 4.69) is 5.32 Å². The lowest BCUT2D eigenvalue weighted by atomic mass is 9.91. The van der Waals surface area contributed by atoms with Gasteiger partial charge in [-0.2, -0.15) is 0 Å². The number of nitrogens with zero attached hydrogens (tertiary/aromatic N) is 1. The van der Waals surface area contributed by atoms with Crippen molar-refractivity contribution in [3.8, 4) is 5.75 Å². The molecule has 24 heavy (non-hydrogen) atoms. The smallest absolute Gasteiger partial charge is 0.317 e. The Morgan fingerprint density at radius 3 is 2.88 bits per heavy atom. The summed E-state index contributed by atoms with van der Waals surface area (Å²) >= 11 is 5.65. The van der Waals surface area contributed by atoms with Crippen molar-refractivity contribution >= 4 is 23.6 Å². The number of likely N-dealkylation sites (tertiary alicyclic amines) is 1. The van der Waals surface area contributed by atoms with Gasteiger partial charge >= 0.3 is 12.0 Å². The summed E-state index contributed by atoms with van der Waals surface area (Å²) in [5.41, 5.74) is 0. The number of carboxylic acids is 1. The Morgan fingerprint density at radius 1 is 1.46 bits per heavy atom. The molecule has 2 N–H and O–H groups in total. The fourth-order valence-electron chi connectivity index (χ4n) is 2.70. The average molecular weight is 359 g/mol. The third-order valence-electron chi connectivity index (χ3n) is 3.83. The van der Waals surface area contributed by atoms with Gasteiger partial charge in [0, 0.05) is 19.2 Å². The molecule has 1 heterocycles. The highest BCUT2D eigenvalue weighted by Gasteiger charge is 2.31. The molecule has 0 bridgehead atoms. The number of amides is 2. The third-order valence-corrected chi connectivity index (χ3v) is 4.12. The Morgan fingerprint density at radius 2 is 2.21 bits per heavy atom. The van der Waals surface area contributed by atoms with Gasteiger partial charge in [0.1, 0.15) is 18.2 Å². The molecule has 2 atom stereocenters. The second-order valence-corrected chi connectivity index (χ2v) is 6.34. The van der Waals surface area contributed by atoms with Crippen LogP contribution < -0.4 is 10.1 Å². The number of hydrogen-bond donors (Lipinski definition) is 2. The van der Waals surface area contributed by atoms with E-state index in [0.717, 1.165) is 0 Å². The summed E-state index contributed by atoms with van der Waals surface area (Å²) in [6.45, 7) is 3.11. The largest absolute Gasteiger partial charge is 0.492 e. The predicted octanol–water partition coefficient (Wildman–Crippen LogP) is 2.61. The molecule has 0 saturated carbocycles. The first-order valence-electron chi connectivity index (χ1n) is 7.70. The van der Waals surface area contributed by atoms with Crippen molar-refractivity contribution in [3.05, 3.63) is 29.0 Å². The van der Waals surface area contributed by atoms with Gasteiger partial charge in [0.05, 0.1) is 17.5 Å². The van der Waals surface area contributed by atoms with Crippen LogP contribution in [0.5, 0.6) is 5.75 Å². The van der Waals surface area contributed by atoms with Gasteiger partial charge in [-0.3, -0.25) is 4.79 Å². The summed E-state index contributed by atoms with van der Waals surface area (Å²) in [4.78, 5) is 24.8. The fourth-order valence-corrected chi connectivity index (χ4v) is 2.87. The number of aliphatic carboxylic acids is 1. The number of carbonyl (C=O) groups is 2. The molecule has 2 unspecified atom stereocenters. The zero-order valence-electron chi connectivity index (χ0n) is 13.3. The molecule has 132 valence electrons. The van der Waals surface area contributed by atoms with Crippen LogP contribution in [0.15, 0.2) is 18.2 Å². The summed E-state index contributed by atoms with van der Waals surface area (Å²) in [5, 5.41) is 11.8. The van der Waals surface area contributed by atoms with E-state index in [0.29, 0.717) is 18.7 Å². The molecule has 1 aromatic rings. The van der Waals surface area contributed by atoms with Gasteiger partial charge in [-0.05, 0) is 24.5 Å². The first-order valence-corrected chi connectivity index (χ1v) is 8.08. The van der Waals surface area contributed by atoms with Crippen LogP contribution in [0.4, 0.5) is 9.18 Å². The molecule has 6 nitrogen and oxygen atoms in total. The van der Waals surface area contributed by atoms with Crippen molar-refractivity contribution in [2.45, 2.75) is 13.3 Å². The number of piperidine rings is 1. The first kappa shape index (κ1) is 18.3. The SMILES string of the molecule is CC1CC(C(=O)O)CN(C(=O)NCCOc2ccc(F)c(Cl)c2)C1. The molecular weight excluding hydrogens is 339 g/mol. The Hall–Kier alpha value is -2.02. The van der Waals surface area contributed by atoms with E-state index >= 15 is 0 Å². The van der Waals surface area contributed by atoms with E-state index in [-0.39, 0.29) is 36.7 Å². The third kappa shape index (κ3) is 4.99. The minimum absolute atomic E-state index is 0.0291. The standard InChI is InChI=1S/C16H20ClFN2O4/c1-10-6-11(15(21)22)9-20(8-10)16(23)19-4-5-24-12-2-3-14(18)13(17)7-12/h2-3,7,10-11H,4-6,8-9H2,1H3,(H,19,23)(H,21,22). The minimum Gasteiger partial charge on any atom is -0.492 e. The molecule has 1 fully saturated rings. The van der Waals surface area contributed by atoms with Crippen LogP contribution in [0.2, 0.25) is 5.02 Å². The van der Waals surface area contributed by atoms with Gasteiger partial charge < -0.3 is 20.1 Å². The average Bonchev–Trinajstić information content (AvgIpc) is 2.54. The number of hydrogen-bond acceptors (Lipinski definition) is 3. The number of nitrogens with one attached hydrogen (secondary N) is 1. The highest BCUT2D eigenvalue weighted by atomic mass is 35.5. The van der Waals surface area contributed by atoms with E-state index < -0.39 is 17.7 Å². The van der Waals surface area contributed by atoms with E-state index in [1.165, 1.54) is 23.1 Å². The van der Waals surface area contributed by atoms with E-state index in [1.807, 2.05) is 6.92 Å². The molecule has 2 amide bonds. The van der Waals surface area contributed by atoms with E-state index in [9.17, 15) is 14.0 Å². The maximum absolute atomic E-state index is 13.0. The highest BCUT2D eigenvalue weighted by Crippen LogP contribution is 2.22. The Bertz CT molecular complexity index is 614. The normalized spacial score (nSPS) is 20.5. The van der Waals surface area contributed by atoms with Gasteiger partial charge in [-0.1, -0.05) is 18.5 Å². The van der Waals surface area contributed by atoms with Crippen LogP contribution >= 0.6 is 11.6 Å². The second-order valence-electron chi connectivity index (χ2n) is 5.94. The molecular formula is C16H20ClFN2O4. The quantitative estimate of drug-likeness (QED) is 0.793. The van der Waals surface area contributed by atoms with Gasteiger partial charge in [-0.25, -0.2) is 9.18 Å². The van der Waals surface area contributed by atoms with E-state index in [4.69, 9.17) is 21.4 Å². The Labute approximate surface area is 144 Å². The zero-order chi connectivity index (χ0) is 17.7. The lowest BCUT2D eigenvalue weighted by Gasteiger charge is -2.34. The van der Waals surface area contributed by atoms with Crippen molar-refractivity contribution in [2.24, 2.45) is 11.8 Å². The molecule has 0 aliphatic carbocycles. The monoisotopic (exact) mass is 358 g/mol. The Balaban J connectivity index is 1.76. The summed E-state index contributed by atoms with van der Waals surface area (Å²) < 4.78 is 18.4. The second kappa shape index (κ2) is 8.19. The lowest BCUT2D eigenvalue weighted by Crippen LogP contribution is -2.50. The molecule has 1 aromatic carbocycles. The van der Waals surface area contributed by atoms with Crippen molar-refractivity contribution in [3.63, 3.8) is 0 Å². The lowest BCUT2D eigenvalue weighted by molar-refractivity contribution is -0.143. The van der Waals surface area contributed by atoms with Gasteiger partial charge in [-0.15, -0.1) is 0 Å². The van der Waals surface area contributed by atoms with Crippen molar-refractivity contribution in [1.29, 1.82) is 0 Å². The van der Waals surface area contributed by atoms with Crippen molar-refractivity contribution < 1.29 is 23.8 Å². The Kier molecular flexibility index (Phi) is 6.25. The molecule has 0 radical (unpaired) electrons. The molecule has 1 aliphatic heterocycles. The molecule has 0 spiro atoms. The maximum atomic E-state index is 13.0. The summed E-state index contributed by atoms with van der Waals surface area (Å²) in [5.74, 6) is -1.38. The van der Waals surface area contributed by atoms with Crippen LogP contribution in [-0.2, 0) is 4.79 Å². The van der Waals surface area contributed by atoms with Gasteiger partial charge in [0.25, 0.3) is 0 Å². The number of urea groups is 1. The molecule has 1 aliphatic rings. The number of carbonyl (C=O) groups excluding carboxylic acids is 1. The number of rotatable bonds is 5. The molecule has 2 rings (SSSR count). The zero-order valence-corrected chi connectivity index (χ0v) is 14.1. The van der Waals surface area contributed by atoms with Crippen LogP contribution in [0.3, 0.4) is 0 Å². The summed E-state index contributed by atoms with van der Waals surface area (Å²) in [7, 11) is 0. The topological polar surface area (TPSA) is 78.9 Å². The van der Waals surface area contributed by atoms with E-state index in [1.54, 1.807) is 0 Å². The summed E-state index contributed by atoms with van der Waals surface area (Å²) in [6, 6.07) is 3.71. The van der Waals surface area contributed by atoms with Crippen molar-refractivity contribution in [1.82, 2.24) is 10.2 Å². The number of ether oxygens (including phenoxy) is 1. The van der Waals surface area contributed by atoms with Crippen LogP contribution in [-0.4, -0.2) is 48.2 Å². The van der Waals surface area contributed by atoms with Crippen LogP contribution in [0, 0.1) is 17.7 Å². The summed E-state index contributed by atoms with van der Waals surface area (Å²) in [6.07, 6.45) is 0.577. The maximum Gasteiger partial charge on any atom is 0.317 e. The number of carboxylic acid groups (broad SMARTS) is 1. The fraction of sp³-hybridized carbons (Fsp3) is 0.500. The van der Waals surface area contributed by atoms with Crippen LogP contribution in [0.25, 0.3) is 0 Å². The molecule has 1 saturated heterocycles. The molecule has 8 heteroatoms. The van der Waals surface area contributed by atoms with Crippen molar-refractivity contribution in [2.75, 3.05) is 26.2 Å². The molecule has 0 aromatic heterocycles. The van der Waals surface area contributed by atoms with Crippen LogP contribution in [0.1, 0.15) is 13.3 Å².